The lowest BCUT2D eigenvalue weighted by atomic mass is 10.2. The predicted octanol–water partition coefficient (Wildman–Crippen LogP) is 1.83. The first-order valence-corrected chi connectivity index (χ1v) is 9.92. The molecule has 0 radical (unpaired) electrons. The Bertz CT molecular complexity index is 1120. The second kappa shape index (κ2) is 6.52. The molecular weight excluding hydrogens is 370 g/mol. The summed E-state index contributed by atoms with van der Waals surface area (Å²) in [4.78, 5) is 13.0. The second-order valence-corrected chi connectivity index (χ2v) is 8.25. The molecule has 1 saturated heterocycles. The van der Waals surface area contributed by atoms with Crippen molar-refractivity contribution in [2.75, 3.05) is 32.0 Å². The summed E-state index contributed by atoms with van der Waals surface area (Å²) in [6.45, 7) is 2.99. The van der Waals surface area contributed by atoms with Crippen molar-refractivity contribution in [2.24, 2.45) is 0 Å². The molecule has 142 valence electrons. The van der Waals surface area contributed by atoms with Gasteiger partial charge >= 0.3 is 0 Å². The number of ether oxygens (including phenoxy) is 1. The van der Waals surface area contributed by atoms with E-state index in [1.54, 1.807) is 25.1 Å². The maximum absolute atomic E-state index is 13.0. The molecule has 0 unspecified atom stereocenters. The topological polar surface area (TPSA) is 108 Å². The molecule has 3 heterocycles. The number of nitrogens with two attached hydrogens (primary N) is 1. The van der Waals surface area contributed by atoms with E-state index in [0.29, 0.717) is 30.1 Å². The molecule has 2 aromatic heterocycles. The van der Waals surface area contributed by atoms with Gasteiger partial charge in [0.05, 0.1) is 18.7 Å². The van der Waals surface area contributed by atoms with E-state index in [9.17, 15) is 13.2 Å². The van der Waals surface area contributed by atoms with Crippen LogP contribution in [0, 0.1) is 6.92 Å². The van der Waals surface area contributed by atoms with E-state index >= 15 is 0 Å². The highest BCUT2D eigenvalue weighted by molar-refractivity contribution is 7.89. The summed E-state index contributed by atoms with van der Waals surface area (Å²) in [5.41, 5.74) is 7.78. The Labute approximate surface area is 156 Å². The van der Waals surface area contributed by atoms with Gasteiger partial charge in [-0.2, -0.15) is 4.31 Å². The largest absolute Gasteiger partial charge is 0.438 e. The molecule has 1 aliphatic rings. The van der Waals surface area contributed by atoms with Crippen LogP contribution in [0.5, 0.6) is 0 Å². The molecule has 0 bridgehead atoms. The molecule has 2 N–H and O–H groups in total. The van der Waals surface area contributed by atoms with Gasteiger partial charge in [-0.3, -0.25) is 9.36 Å². The minimum absolute atomic E-state index is 0.0424. The van der Waals surface area contributed by atoms with Crippen LogP contribution in [0.4, 0.5) is 5.69 Å². The minimum Gasteiger partial charge on any atom is -0.438 e. The summed E-state index contributed by atoms with van der Waals surface area (Å²) in [5, 5.41) is 0.583. The zero-order chi connectivity index (χ0) is 19.2. The summed E-state index contributed by atoms with van der Waals surface area (Å²) in [7, 11) is -3.79. The first kappa shape index (κ1) is 17.8. The van der Waals surface area contributed by atoms with Crippen molar-refractivity contribution in [2.45, 2.75) is 12.0 Å². The number of hydrogen-bond donors (Lipinski definition) is 1. The number of nitrogens with zero attached hydrogens (tertiary/aromatic N) is 2. The fraction of sp³-hybridized carbons (Fsp3) is 0.278. The number of nitrogen functional groups attached to an aromatic ring is 1. The van der Waals surface area contributed by atoms with Gasteiger partial charge in [0.25, 0.3) is 15.9 Å². The number of morpholine rings is 1. The molecule has 0 amide bonds. The first-order chi connectivity index (χ1) is 12.9. The van der Waals surface area contributed by atoms with Crippen LogP contribution in [0.25, 0.3) is 10.9 Å². The van der Waals surface area contributed by atoms with E-state index in [-0.39, 0.29) is 23.9 Å². The van der Waals surface area contributed by atoms with Gasteiger partial charge in [0, 0.05) is 29.9 Å². The van der Waals surface area contributed by atoms with Gasteiger partial charge in [-0.1, -0.05) is 0 Å². The normalized spacial score (nSPS) is 16.0. The number of carbonyl (C=O) groups is 1. The molecule has 8 nitrogen and oxygen atoms in total. The second-order valence-electron chi connectivity index (χ2n) is 6.38. The van der Waals surface area contributed by atoms with Crippen molar-refractivity contribution in [3.05, 3.63) is 47.9 Å². The SMILES string of the molecule is Cc1cc2cc(N)ccc2n1C(=O)c1ccc(S(=O)(=O)N2CCOCC2)o1. The summed E-state index contributed by atoms with van der Waals surface area (Å²) in [5.74, 6) is -0.477. The van der Waals surface area contributed by atoms with E-state index in [0.717, 1.165) is 5.39 Å². The van der Waals surface area contributed by atoms with E-state index in [4.69, 9.17) is 14.9 Å². The quantitative estimate of drug-likeness (QED) is 0.685. The molecule has 1 aromatic carbocycles. The standard InChI is InChI=1S/C18H19N3O5S/c1-12-10-13-11-14(19)2-3-15(13)21(12)18(22)16-4-5-17(26-16)27(23,24)20-6-8-25-9-7-20/h2-5,10-11H,6-9,19H2,1H3. The van der Waals surface area contributed by atoms with E-state index in [1.165, 1.54) is 21.0 Å². The molecule has 0 aliphatic carbocycles. The van der Waals surface area contributed by atoms with E-state index < -0.39 is 15.9 Å². The smallest absolute Gasteiger partial charge is 0.298 e. The third-order valence-electron chi connectivity index (χ3n) is 4.57. The average molecular weight is 389 g/mol. The van der Waals surface area contributed by atoms with Crippen molar-refractivity contribution in [3.8, 4) is 0 Å². The minimum atomic E-state index is -3.79. The maximum Gasteiger partial charge on any atom is 0.298 e. The molecule has 27 heavy (non-hydrogen) atoms. The number of fused-ring (bicyclic) bond motifs is 1. The molecule has 3 aromatic rings. The van der Waals surface area contributed by atoms with Gasteiger partial charge in [0.2, 0.25) is 5.09 Å². The Morgan fingerprint density at radius 3 is 2.59 bits per heavy atom. The van der Waals surface area contributed by atoms with Crippen molar-refractivity contribution >= 4 is 32.5 Å². The van der Waals surface area contributed by atoms with Crippen LogP contribution in [-0.2, 0) is 14.8 Å². The number of carbonyl (C=O) groups excluding carboxylic acids is 1. The van der Waals surface area contributed by atoms with Crippen molar-refractivity contribution in [3.63, 3.8) is 0 Å². The molecule has 1 fully saturated rings. The molecule has 1 aliphatic heterocycles. The summed E-state index contributed by atoms with van der Waals surface area (Å²) in [6.07, 6.45) is 0. The first-order valence-electron chi connectivity index (χ1n) is 8.48. The van der Waals surface area contributed by atoms with Gasteiger partial charge < -0.3 is 14.9 Å². The average Bonchev–Trinajstić information content (AvgIpc) is 3.26. The van der Waals surface area contributed by atoms with Gasteiger partial charge in [0.15, 0.2) is 5.76 Å². The number of hydrogen-bond acceptors (Lipinski definition) is 6. The number of aromatic nitrogens is 1. The Morgan fingerprint density at radius 2 is 1.85 bits per heavy atom. The zero-order valence-corrected chi connectivity index (χ0v) is 15.5. The Hall–Kier alpha value is -2.62. The Morgan fingerprint density at radius 1 is 1.11 bits per heavy atom. The molecule has 0 spiro atoms. The Balaban J connectivity index is 1.70. The highest BCUT2D eigenvalue weighted by atomic mass is 32.2. The van der Waals surface area contributed by atoms with Crippen LogP contribution < -0.4 is 5.73 Å². The molecule has 9 heteroatoms. The maximum atomic E-state index is 13.0. The fourth-order valence-corrected chi connectivity index (χ4v) is 4.56. The number of furan rings is 1. The van der Waals surface area contributed by atoms with E-state index in [2.05, 4.69) is 0 Å². The molecule has 0 saturated carbocycles. The Kier molecular flexibility index (Phi) is 4.29. The number of benzene rings is 1. The summed E-state index contributed by atoms with van der Waals surface area (Å²) < 4.78 is 38.8. The third-order valence-corrected chi connectivity index (χ3v) is 6.34. The van der Waals surface area contributed by atoms with E-state index in [1.807, 2.05) is 6.07 Å². The molecule has 4 rings (SSSR count). The fourth-order valence-electron chi connectivity index (χ4n) is 3.24. The van der Waals surface area contributed by atoms with Gasteiger partial charge in [-0.05, 0) is 43.3 Å². The van der Waals surface area contributed by atoms with Crippen LogP contribution in [-0.4, -0.2) is 49.5 Å². The monoisotopic (exact) mass is 389 g/mol. The van der Waals surface area contributed by atoms with Gasteiger partial charge in [-0.25, -0.2) is 8.42 Å². The third kappa shape index (κ3) is 3.03. The van der Waals surface area contributed by atoms with Crippen molar-refractivity contribution in [1.29, 1.82) is 0 Å². The lowest BCUT2D eigenvalue weighted by molar-refractivity contribution is 0.0722. The summed E-state index contributed by atoms with van der Waals surface area (Å²) >= 11 is 0. The molecule has 0 atom stereocenters. The highest BCUT2D eigenvalue weighted by Gasteiger charge is 2.30. The lowest BCUT2D eigenvalue weighted by Gasteiger charge is -2.24. The van der Waals surface area contributed by atoms with Crippen molar-refractivity contribution in [1.82, 2.24) is 8.87 Å². The number of sulfonamides is 1. The van der Waals surface area contributed by atoms with Crippen LogP contribution in [0.3, 0.4) is 0 Å². The molecular formula is C18H19N3O5S. The summed E-state index contributed by atoms with van der Waals surface area (Å²) in [6, 6.07) is 9.79. The van der Waals surface area contributed by atoms with Crippen LogP contribution in [0.2, 0.25) is 0 Å². The zero-order valence-electron chi connectivity index (χ0n) is 14.7. The number of anilines is 1. The number of rotatable bonds is 3. The van der Waals surface area contributed by atoms with Crippen LogP contribution in [0.1, 0.15) is 16.2 Å². The lowest BCUT2D eigenvalue weighted by Crippen LogP contribution is -2.40. The van der Waals surface area contributed by atoms with Gasteiger partial charge in [-0.15, -0.1) is 0 Å². The highest BCUT2D eigenvalue weighted by Crippen LogP contribution is 2.25. The van der Waals surface area contributed by atoms with Gasteiger partial charge in [0.1, 0.15) is 0 Å². The van der Waals surface area contributed by atoms with Crippen LogP contribution >= 0.6 is 0 Å². The van der Waals surface area contributed by atoms with Crippen LogP contribution in [0.15, 0.2) is 45.9 Å². The van der Waals surface area contributed by atoms with Crippen molar-refractivity contribution < 1.29 is 22.4 Å². The predicted molar refractivity (Wildman–Crippen MR) is 99.1 cm³/mol. The number of aryl methyl sites for hydroxylation is 1.